The van der Waals surface area contributed by atoms with Crippen LogP contribution in [0.3, 0.4) is 0 Å². The van der Waals surface area contributed by atoms with E-state index in [-0.39, 0.29) is 29.3 Å². The van der Waals surface area contributed by atoms with Gasteiger partial charge in [0.1, 0.15) is 17.1 Å². The van der Waals surface area contributed by atoms with Gasteiger partial charge in [0.15, 0.2) is 6.10 Å². The van der Waals surface area contributed by atoms with E-state index in [0.717, 1.165) is 16.7 Å². The molecule has 8 heteroatoms. The van der Waals surface area contributed by atoms with Crippen LogP contribution in [0, 0.1) is 0 Å². The lowest BCUT2D eigenvalue weighted by Crippen LogP contribution is -2.70. The Morgan fingerprint density at radius 3 is 2.33 bits per heavy atom. The maximum Gasteiger partial charge on any atom is 0.356 e. The predicted molar refractivity (Wildman–Crippen MR) is 141 cm³/mol. The number of fused-ring (bicyclic) bond motifs is 1. The minimum atomic E-state index is -0.686. The summed E-state index contributed by atoms with van der Waals surface area (Å²) >= 11 is 3.02. The van der Waals surface area contributed by atoms with Crippen LogP contribution in [0.15, 0.2) is 101 Å². The molecule has 0 radical (unpaired) electrons. The Bertz CT molecular complexity index is 1270. The van der Waals surface area contributed by atoms with E-state index in [0.29, 0.717) is 11.3 Å². The highest BCUT2D eigenvalue weighted by Gasteiger charge is 2.54. The molecule has 0 unspecified atom stereocenters. The van der Waals surface area contributed by atoms with Gasteiger partial charge >= 0.3 is 5.97 Å². The number of thiophene rings is 1. The first kappa shape index (κ1) is 24.1. The molecule has 0 bridgehead atoms. The van der Waals surface area contributed by atoms with E-state index in [1.807, 2.05) is 77.5 Å². The van der Waals surface area contributed by atoms with Gasteiger partial charge in [-0.25, -0.2) is 4.79 Å². The number of ether oxygens (including phenoxy) is 1. The van der Waals surface area contributed by atoms with Crippen LogP contribution in [0.1, 0.15) is 22.8 Å². The van der Waals surface area contributed by atoms with Crippen molar-refractivity contribution in [2.45, 2.75) is 23.9 Å². The van der Waals surface area contributed by atoms with E-state index in [1.165, 1.54) is 28.0 Å². The Morgan fingerprint density at radius 2 is 1.75 bits per heavy atom. The summed E-state index contributed by atoms with van der Waals surface area (Å²) in [5, 5.41) is 6.29. The number of hydrogen-bond acceptors (Lipinski definition) is 6. The third-order valence-corrected chi connectivity index (χ3v) is 8.16. The molecule has 6 nitrogen and oxygen atoms in total. The molecule has 2 aromatic carbocycles. The summed E-state index contributed by atoms with van der Waals surface area (Å²) in [5.74, 6) is -0.652. The molecule has 0 spiro atoms. The van der Waals surface area contributed by atoms with Crippen LogP contribution in [-0.4, -0.2) is 39.9 Å². The second kappa shape index (κ2) is 10.6. The van der Waals surface area contributed by atoms with E-state index in [1.54, 1.807) is 6.08 Å². The first-order valence-corrected chi connectivity index (χ1v) is 13.5. The molecule has 3 heterocycles. The van der Waals surface area contributed by atoms with Crippen molar-refractivity contribution in [1.29, 1.82) is 0 Å². The van der Waals surface area contributed by atoms with Gasteiger partial charge in [-0.3, -0.25) is 14.5 Å². The lowest BCUT2D eigenvalue weighted by molar-refractivity contribution is -0.154. The number of β-lactam (4-membered cyclic amide) rings is 1. The van der Waals surface area contributed by atoms with E-state index in [4.69, 9.17) is 4.74 Å². The number of allylic oxidation sites excluding steroid dienone is 1. The summed E-state index contributed by atoms with van der Waals surface area (Å²) in [4.78, 5) is 40.7. The largest absolute Gasteiger partial charge is 0.448 e. The van der Waals surface area contributed by atoms with Crippen molar-refractivity contribution in [1.82, 2.24) is 10.2 Å². The topological polar surface area (TPSA) is 75.7 Å². The summed E-state index contributed by atoms with van der Waals surface area (Å²) in [6.07, 6.45) is 1.17. The average Bonchev–Trinajstić information content (AvgIpc) is 3.43. The predicted octanol–water partition coefficient (Wildman–Crippen LogP) is 4.46. The zero-order chi connectivity index (χ0) is 25.1. The van der Waals surface area contributed by atoms with Crippen molar-refractivity contribution in [2.24, 2.45) is 0 Å². The van der Waals surface area contributed by atoms with Crippen LogP contribution in [0.2, 0.25) is 0 Å². The number of esters is 1. The normalized spacial score (nSPS) is 18.9. The maximum atomic E-state index is 13.6. The number of nitrogens with zero attached hydrogens (tertiary/aromatic N) is 1. The van der Waals surface area contributed by atoms with Gasteiger partial charge in [-0.1, -0.05) is 73.3 Å². The second-order valence-electron chi connectivity index (χ2n) is 8.45. The van der Waals surface area contributed by atoms with Crippen molar-refractivity contribution in [3.63, 3.8) is 0 Å². The smallest absolute Gasteiger partial charge is 0.356 e. The standard InChI is InChI=1S/C28H24N2O4S2/c1-2-19-17-36-27-23(29-22(31)15-18-13-14-35-16-18)26(32)30(27)24(19)28(33)34-25(20-9-5-3-6-10-20)21-11-7-4-8-12-21/h2-14,16,23,25,27H,1,15,17H2,(H,29,31)/t23-,27-/m1/s1. The third-order valence-electron chi connectivity index (χ3n) is 6.13. The fourth-order valence-electron chi connectivity index (χ4n) is 4.34. The molecule has 2 atom stereocenters. The third kappa shape index (κ3) is 4.74. The van der Waals surface area contributed by atoms with Crippen LogP contribution in [-0.2, 0) is 25.5 Å². The zero-order valence-corrected chi connectivity index (χ0v) is 21.0. The summed E-state index contributed by atoms with van der Waals surface area (Å²) in [5.41, 5.74) is 3.39. The van der Waals surface area contributed by atoms with Gasteiger partial charge in [0.05, 0.1) is 6.42 Å². The monoisotopic (exact) mass is 516 g/mol. The molecule has 1 saturated heterocycles. The summed E-state index contributed by atoms with van der Waals surface area (Å²) in [7, 11) is 0. The van der Waals surface area contributed by atoms with Crippen LogP contribution < -0.4 is 5.32 Å². The van der Waals surface area contributed by atoms with Crippen LogP contribution in [0.25, 0.3) is 0 Å². The molecule has 5 rings (SSSR count). The average molecular weight is 517 g/mol. The van der Waals surface area contributed by atoms with E-state index in [9.17, 15) is 14.4 Å². The van der Waals surface area contributed by atoms with Crippen molar-refractivity contribution >= 4 is 40.9 Å². The summed E-state index contributed by atoms with van der Waals surface area (Å²) < 4.78 is 6.05. The van der Waals surface area contributed by atoms with Crippen molar-refractivity contribution in [3.8, 4) is 0 Å². The highest BCUT2D eigenvalue weighted by molar-refractivity contribution is 8.00. The quantitative estimate of drug-likeness (QED) is 0.353. The first-order chi connectivity index (χ1) is 17.6. The molecule has 0 aliphatic carbocycles. The Morgan fingerprint density at radius 1 is 1.08 bits per heavy atom. The van der Waals surface area contributed by atoms with E-state index in [2.05, 4.69) is 11.9 Å². The highest BCUT2D eigenvalue weighted by atomic mass is 32.2. The number of benzene rings is 2. The van der Waals surface area contributed by atoms with Gasteiger partial charge in [-0.2, -0.15) is 11.3 Å². The molecule has 36 heavy (non-hydrogen) atoms. The number of rotatable bonds is 8. The van der Waals surface area contributed by atoms with Gasteiger partial charge in [-0.15, -0.1) is 11.8 Å². The highest BCUT2D eigenvalue weighted by Crippen LogP contribution is 2.41. The number of thioether (sulfide) groups is 1. The fraction of sp³-hybridized carbons (Fsp3) is 0.179. The molecule has 3 aromatic rings. The Hall–Kier alpha value is -3.62. The number of amides is 2. The Balaban J connectivity index is 1.36. The van der Waals surface area contributed by atoms with Crippen LogP contribution in [0.4, 0.5) is 0 Å². The molecule has 1 aromatic heterocycles. The molecular weight excluding hydrogens is 492 g/mol. The number of nitrogens with one attached hydrogen (secondary N) is 1. The minimum absolute atomic E-state index is 0.193. The molecule has 1 fully saturated rings. The van der Waals surface area contributed by atoms with Gasteiger partial charge < -0.3 is 10.1 Å². The van der Waals surface area contributed by atoms with Gasteiger partial charge in [0.25, 0.3) is 5.91 Å². The van der Waals surface area contributed by atoms with Crippen molar-refractivity contribution in [3.05, 3.63) is 118 Å². The van der Waals surface area contributed by atoms with E-state index < -0.39 is 18.1 Å². The number of carbonyl (C=O) groups is 3. The molecular formula is C28H24N2O4S2. The lowest BCUT2D eigenvalue weighted by Gasteiger charge is -2.49. The minimum Gasteiger partial charge on any atom is -0.448 e. The Labute approximate surface area is 217 Å². The first-order valence-electron chi connectivity index (χ1n) is 11.5. The molecule has 0 saturated carbocycles. The fourth-order valence-corrected chi connectivity index (χ4v) is 6.35. The lowest BCUT2D eigenvalue weighted by atomic mass is 10.0. The number of carbonyl (C=O) groups excluding carboxylic acids is 3. The Kier molecular flexibility index (Phi) is 7.06. The van der Waals surface area contributed by atoms with Gasteiger partial charge in [0, 0.05) is 5.75 Å². The van der Waals surface area contributed by atoms with Crippen molar-refractivity contribution < 1.29 is 19.1 Å². The number of hydrogen-bond donors (Lipinski definition) is 1. The maximum absolute atomic E-state index is 13.6. The molecule has 182 valence electrons. The van der Waals surface area contributed by atoms with Gasteiger partial charge in [-0.05, 0) is 39.1 Å². The van der Waals surface area contributed by atoms with Crippen molar-refractivity contribution in [2.75, 3.05) is 5.75 Å². The molecule has 2 aliphatic heterocycles. The molecule has 2 aliphatic rings. The van der Waals surface area contributed by atoms with Gasteiger partial charge in [0.2, 0.25) is 5.91 Å². The summed E-state index contributed by atoms with van der Waals surface area (Å²) in [6, 6.07) is 20.2. The SMILES string of the molecule is C=CC1=C(C(=O)OC(c2ccccc2)c2ccccc2)N2C(=O)[C@@H](NC(=O)Cc3ccsc3)[C@H]2SC1. The molecule has 1 N–H and O–H groups in total. The van der Waals surface area contributed by atoms with E-state index >= 15 is 0 Å². The molecule has 2 amide bonds. The summed E-state index contributed by atoms with van der Waals surface area (Å²) in [6.45, 7) is 3.84. The zero-order valence-electron chi connectivity index (χ0n) is 19.3. The van der Waals surface area contributed by atoms with Crippen LogP contribution >= 0.6 is 23.1 Å². The second-order valence-corrected chi connectivity index (χ2v) is 10.3. The van der Waals surface area contributed by atoms with Crippen LogP contribution in [0.5, 0.6) is 0 Å².